The maximum absolute atomic E-state index is 10.0. The second-order valence-corrected chi connectivity index (χ2v) is 7.21. The molecule has 5 nitrogen and oxygen atoms in total. The summed E-state index contributed by atoms with van der Waals surface area (Å²) in [6.07, 6.45) is 3.86. The summed E-state index contributed by atoms with van der Waals surface area (Å²) in [7, 11) is 1.61. The molecule has 3 rings (SSSR count). The summed E-state index contributed by atoms with van der Waals surface area (Å²) in [4.78, 5) is 4.91. The van der Waals surface area contributed by atoms with Crippen LogP contribution in [-0.2, 0) is 15.9 Å². The summed E-state index contributed by atoms with van der Waals surface area (Å²) in [5.41, 5.74) is 6.15. The number of methoxy groups -OCH3 is 1. The van der Waals surface area contributed by atoms with Gasteiger partial charge in [-0.1, -0.05) is 0 Å². The lowest BCUT2D eigenvalue weighted by Gasteiger charge is -2.24. The monoisotopic (exact) mass is 371 g/mol. The van der Waals surface area contributed by atoms with Crippen LogP contribution in [0, 0.1) is 20.8 Å². The Morgan fingerprint density at radius 1 is 1.19 bits per heavy atom. The zero-order valence-electron chi connectivity index (χ0n) is 16.7. The summed E-state index contributed by atoms with van der Waals surface area (Å²) in [6.45, 7) is 6.98. The molecule has 27 heavy (non-hydrogen) atoms. The van der Waals surface area contributed by atoms with Crippen LogP contribution in [0.1, 0.15) is 59.0 Å². The topological polar surface area (TPSA) is 60.8 Å². The fourth-order valence-electron chi connectivity index (χ4n) is 3.60. The van der Waals surface area contributed by atoms with Gasteiger partial charge in [-0.25, -0.2) is 0 Å². The Kier molecular flexibility index (Phi) is 6.34. The van der Waals surface area contributed by atoms with Crippen molar-refractivity contribution in [2.24, 2.45) is 0 Å². The van der Waals surface area contributed by atoms with E-state index in [0.29, 0.717) is 12.2 Å². The number of phenolic OH excluding ortho intramolecular Hbond substituents is 1. The van der Waals surface area contributed by atoms with Crippen molar-refractivity contribution in [1.82, 2.24) is 4.98 Å². The van der Waals surface area contributed by atoms with E-state index in [1.807, 2.05) is 32.0 Å². The molecule has 1 N–H and O–H groups in total. The van der Waals surface area contributed by atoms with Gasteiger partial charge in [-0.05, 0) is 80.5 Å². The van der Waals surface area contributed by atoms with Crippen molar-refractivity contribution in [2.45, 2.75) is 52.6 Å². The minimum atomic E-state index is -0.0331. The molecule has 1 saturated heterocycles. The van der Waals surface area contributed by atoms with Crippen LogP contribution in [0.4, 0.5) is 0 Å². The van der Waals surface area contributed by atoms with E-state index in [9.17, 15) is 5.11 Å². The van der Waals surface area contributed by atoms with Crippen molar-refractivity contribution in [2.75, 3.05) is 20.5 Å². The molecule has 1 aromatic heterocycles. The van der Waals surface area contributed by atoms with Crippen LogP contribution in [0.15, 0.2) is 18.2 Å². The average molecular weight is 371 g/mol. The van der Waals surface area contributed by atoms with E-state index in [1.54, 1.807) is 7.11 Å². The predicted octanol–water partition coefficient (Wildman–Crippen LogP) is 4.53. The molecule has 0 aliphatic carbocycles. The highest BCUT2D eigenvalue weighted by atomic mass is 16.7. The van der Waals surface area contributed by atoms with Crippen molar-refractivity contribution in [3.63, 3.8) is 0 Å². The molecular formula is C22H29NO4. The number of ether oxygens (including phenoxy) is 3. The van der Waals surface area contributed by atoms with Gasteiger partial charge in [0.15, 0.2) is 6.79 Å². The number of hydrogen-bond acceptors (Lipinski definition) is 5. The highest BCUT2D eigenvalue weighted by molar-refractivity contribution is 5.48. The molecule has 0 bridgehead atoms. The first-order valence-corrected chi connectivity index (χ1v) is 9.53. The third-order valence-corrected chi connectivity index (χ3v) is 5.35. The molecule has 1 unspecified atom stereocenters. The number of aryl methyl sites for hydroxylation is 1. The number of benzene rings is 1. The predicted molar refractivity (Wildman–Crippen MR) is 104 cm³/mol. The minimum Gasteiger partial charge on any atom is -0.508 e. The third-order valence-electron chi connectivity index (χ3n) is 5.35. The highest BCUT2D eigenvalue weighted by Gasteiger charge is 2.23. The van der Waals surface area contributed by atoms with Gasteiger partial charge in [0.05, 0.1) is 0 Å². The molecule has 0 spiro atoms. The smallest absolute Gasteiger partial charge is 0.188 e. The van der Waals surface area contributed by atoms with Gasteiger partial charge in [-0.3, -0.25) is 4.98 Å². The van der Waals surface area contributed by atoms with Crippen molar-refractivity contribution in [3.8, 4) is 11.5 Å². The van der Waals surface area contributed by atoms with Gasteiger partial charge >= 0.3 is 0 Å². The molecule has 5 heteroatoms. The van der Waals surface area contributed by atoms with Crippen LogP contribution >= 0.6 is 0 Å². The van der Waals surface area contributed by atoms with E-state index in [1.165, 1.54) is 5.56 Å². The molecule has 2 heterocycles. The molecule has 2 aromatic rings. The summed E-state index contributed by atoms with van der Waals surface area (Å²) in [5, 5.41) is 10.0. The SMILES string of the molecule is COCOc1ccc(Cc2c(C)cc(O)c(C)c2C)nc1C1CCCCO1. The van der Waals surface area contributed by atoms with E-state index in [0.717, 1.165) is 59.7 Å². The van der Waals surface area contributed by atoms with E-state index in [2.05, 4.69) is 6.92 Å². The summed E-state index contributed by atoms with van der Waals surface area (Å²) >= 11 is 0. The molecule has 1 fully saturated rings. The molecular weight excluding hydrogens is 342 g/mol. The van der Waals surface area contributed by atoms with E-state index < -0.39 is 0 Å². The number of rotatable bonds is 6. The van der Waals surface area contributed by atoms with Gasteiger partial charge in [0.25, 0.3) is 0 Å². The van der Waals surface area contributed by atoms with Crippen LogP contribution < -0.4 is 4.74 Å². The van der Waals surface area contributed by atoms with Crippen molar-refractivity contribution < 1.29 is 19.3 Å². The van der Waals surface area contributed by atoms with E-state index in [4.69, 9.17) is 19.2 Å². The lowest BCUT2D eigenvalue weighted by Crippen LogP contribution is -2.16. The van der Waals surface area contributed by atoms with Gasteiger partial charge in [0.1, 0.15) is 23.3 Å². The van der Waals surface area contributed by atoms with Crippen LogP contribution in [-0.4, -0.2) is 30.6 Å². The van der Waals surface area contributed by atoms with Crippen molar-refractivity contribution >= 4 is 0 Å². The zero-order chi connectivity index (χ0) is 19.4. The summed E-state index contributed by atoms with van der Waals surface area (Å²) < 4.78 is 16.7. The molecule has 1 atom stereocenters. The Bertz CT molecular complexity index is 797. The Labute approximate surface area is 161 Å². The number of nitrogens with zero attached hydrogens (tertiary/aromatic N) is 1. The van der Waals surface area contributed by atoms with Gasteiger partial charge in [0, 0.05) is 25.8 Å². The standard InChI is InChI=1S/C22H29NO4/c1-14-11-19(24)16(3)15(2)18(14)12-17-8-9-21(27-13-25-4)22(23-17)20-7-5-6-10-26-20/h8-9,11,20,24H,5-7,10,12-13H2,1-4H3. The van der Waals surface area contributed by atoms with Crippen molar-refractivity contribution in [3.05, 3.63) is 51.8 Å². The molecule has 0 radical (unpaired) electrons. The number of pyridine rings is 1. The number of phenols is 1. The molecule has 0 saturated carbocycles. The first-order chi connectivity index (χ1) is 13.0. The van der Waals surface area contributed by atoms with Gasteiger partial charge in [-0.15, -0.1) is 0 Å². The minimum absolute atomic E-state index is 0.0331. The van der Waals surface area contributed by atoms with Gasteiger partial charge in [0.2, 0.25) is 0 Å². The van der Waals surface area contributed by atoms with Gasteiger partial charge < -0.3 is 19.3 Å². The number of aromatic hydroxyl groups is 1. The largest absolute Gasteiger partial charge is 0.508 e. The van der Waals surface area contributed by atoms with Crippen LogP contribution in [0.5, 0.6) is 11.5 Å². The quantitative estimate of drug-likeness (QED) is 0.756. The fourth-order valence-corrected chi connectivity index (χ4v) is 3.60. The van der Waals surface area contributed by atoms with Crippen LogP contribution in [0.3, 0.4) is 0 Å². The summed E-state index contributed by atoms with van der Waals surface area (Å²) in [5.74, 6) is 1.07. The third kappa shape index (κ3) is 4.42. The first kappa shape index (κ1) is 19.6. The molecule has 146 valence electrons. The lowest BCUT2D eigenvalue weighted by molar-refractivity contribution is 0.00538. The Morgan fingerprint density at radius 3 is 2.70 bits per heavy atom. The molecule has 1 aromatic carbocycles. The maximum atomic E-state index is 10.0. The molecule has 1 aliphatic heterocycles. The maximum Gasteiger partial charge on any atom is 0.188 e. The van der Waals surface area contributed by atoms with Crippen LogP contribution in [0.25, 0.3) is 0 Å². The fraction of sp³-hybridized carbons (Fsp3) is 0.500. The Morgan fingerprint density at radius 2 is 2.00 bits per heavy atom. The van der Waals surface area contributed by atoms with Gasteiger partial charge in [-0.2, -0.15) is 0 Å². The normalized spacial score (nSPS) is 17.1. The Hall–Kier alpha value is -2.11. The van der Waals surface area contributed by atoms with Crippen molar-refractivity contribution in [1.29, 1.82) is 0 Å². The van der Waals surface area contributed by atoms with Crippen LogP contribution in [0.2, 0.25) is 0 Å². The summed E-state index contributed by atoms with van der Waals surface area (Å²) in [6, 6.07) is 5.80. The number of hydrogen-bond donors (Lipinski definition) is 1. The number of aromatic nitrogens is 1. The zero-order valence-corrected chi connectivity index (χ0v) is 16.7. The Balaban J connectivity index is 1.93. The molecule has 0 amide bonds. The van der Waals surface area contributed by atoms with E-state index in [-0.39, 0.29) is 12.9 Å². The second-order valence-electron chi connectivity index (χ2n) is 7.21. The first-order valence-electron chi connectivity index (χ1n) is 9.53. The lowest BCUT2D eigenvalue weighted by atomic mass is 9.94. The average Bonchev–Trinajstić information content (AvgIpc) is 2.69. The highest BCUT2D eigenvalue weighted by Crippen LogP contribution is 2.34. The molecule has 1 aliphatic rings. The second kappa shape index (κ2) is 8.72. The van der Waals surface area contributed by atoms with E-state index >= 15 is 0 Å².